The number of rotatable bonds is 5. The van der Waals surface area contributed by atoms with E-state index >= 15 is 0 Å². The fourth-order valence-corrected chi connectivity index (χ4v) is 3.04. The van der Waals surface area contributed by atoms with Gasteiger partial charge < -0.3 is 14.8 Å². The second kappa shape index (κ2) is 7.91. The molecule has 1 aliphatic carbocycles. The molecule has 0 radical (unpaired) electrons. The predicted octanol–water partition coefficient (Wildman–Crippen LogP) is 4.54. The third-order valence-corrected chi connectivity index (χ3v) is 4.52. The number of methoxy groups -OCH3 is 2. The number of allylic oxidation sites excluding steroid dienone is 2. The summed E-state index contributed by atoms with van der Waals surface area (Å²) in [6.45, 7) is 1.97. The lowest BCUT2D eigenvalue weighted by Gasteiger charge is -2.17. The van der Waals surface area contributed by atoms with Crippen LogP contribution in [0.4, 0.5) is 5.69 Å². The van der Waals surface area contributed by atoms with E-state index in [-0.39, 0.29) is 5.91 Å². The molecule has 2 aromatic carbocycles. The molecule has 0 saturated carbocycles. The summed E-state index contributed by atoms with van der Waals surface area (Å²) in [7, 11) is 3.28. The summed E-state index contributed by atoms with van der Waals surface area (Å²) in [5.74, 6) is 1.33. The molecule has 1 N–H and O–H groups in total. The molecule has 26 heavy (non-hydrogen) atoms. The summed E-state index contributed by atoms with van der Waals surface area (Å²) < 4.78 is 10.7. The van der Waals surface area contributed by atoms with Gasteiger partial charge in [0.05, 0.1) is 14.2 Å². The SMILES string of the molecule is COc1cc2c(cc1OC)CCC(C=CC(=O)Nc1ccccc1C)=C2. The molecule has 0 atom stereocenters. The Bertz CT molecular complexity index is 881. The van der Waals surface area contributed by atoms with Gasteiger partial charge in [-0.1, -0.05) is 30.4 Å². The normalized spacial score (nSPS) is 13.1. The van der Waals surface area contributed by atoms with Crippen molar-refractivity contribution in [1.29, 1.82) is 0 Å². The minimum atomic E-state index is -0.127. The zero-order valence-electron chi connectivity index (χ0n) is 15.3. The second-order valence-electron chi connectivity index (χ2n) is 6.26. The Morgan fingerprint density at radius 2 is 1.81 bits per heavy atom. The van der Waals surface area contributed by atoms with Crippen LogP contribution >= 0.6 is 0 Å². The van der Waals surface area contributed by atoms with Crippen LogP contribution in [0.1, 0.15) is 23.1 Å². The number of para-hydroxylation sites is 1. The first kappa shape index (κ1) is 17.8. The Labute approximate surface area is 154 Å². The van der Waals surface area contributed by atoms with Crippen molar-refractivity contribution in [2.75, 3.05) is 19.5 Å². The lowest BCUT2D eigenvalue weighted by atomic mass is 9.91. The van der Waals surface area contributed by atoms with Crippen molar-refractivity contribution >= 4 is 17.7 Å². The number of nitrogens with one attached hydrogen (secondary N) is 1. The average molecular weight is 349 g/mol. The van der Waals surface area contributed by atoms with E-state index in [1.165, 1.54) is 5.56 Å². The first-order valence-electron chi connectivity index (χ1n) is 8.61. The van der Waals surface area contributed by atoms with Gasteiger partial charge in [-0.3, -0.25) is 4.79 Å². The van der Waals surface area contributed by atoms with Crippen LogP contribution in [-0.4, -0.2) is 20.1 Å². The molecule has 0 bridgehead atoms. The maximum atomic E-state index is 12.2. The molecule has 0 aliphatic heterocycles. The summed E-state index contributed by atoms with van der Waals surface area (Å²) in [4.78, 5) is 12.2. The first-order valence-corrected chi connectivity index (χ1v) is 8.61. The van der Waals surface area contributed by atoms with Gasteiger partial charge in [0.1, 0.15) is 0 Å². The van der Waals surface area contributed by atoms with Gasteiger partial charge in [-0.05, 0) is 60.2 Å². The van der Waals surface area contributed by atoms with E-state index in [1.54, 1.807) is 20.3 Å². The second-order valence-corrected chi connectivity index (χ2v) is 6.26. The van der Waals surface area contributed by atoms with E-state index in [0.29, 0.717) is 5.75 Å². The molecular formula is C22H23NO3. The topological polar surface area (TPSA) is 47.6 Å². The van der Waals surface area contributed by atoms with Crippen molar-refractivity contribution in [3.05, 3.63) is 70.8 Å². The lowest BCUT2D eigenvalue weighted by molar-refractivity contribution is -0.111. The largest absolute Gasteiger partial charge is 0.493 e. The summed E-state index contributed by atoms with van der Waals surface area (Å²) in [5.41, 5.74) is 5.32. The van der Waals surface area contributed by atoms with Crippen LogP contribution in [0, 0.1) is 6.92 Å². The van der Waals surface area contributed by atoms with Crippen molar-refractivity contribution in [3.63, 3.8) is 0 Å². The highest BCUT2D eigenvalue weighted by Gasteiger charge is 2.14. The summed E-state index contributed by atoms with van der Waals surface area (Å²) in [6, 6.07) is 11.7. The zero-order chi connectivity index (χ0) is 18.5. The molecule has 4 heteroatoms. The van der Waals surface area contributed by atoms with Gasteiger partial charge in [0.25, 0.3) is 0 Å². The van der Waals surface area contributed by atoms with Crippen molar-refractivity contribution in [2.45, 2.75) is 19.8 Å². The quantitative estimate of drug-likeness (QED) is 0.807. The van der Waals surface area contributed by atoms with E-state index in [2.05, 4.69) is 11.4 Å². The standard InChI is InChI=1S/C22H23NO3/c1-15-6-4-5-7-19(15)23-22(24)11-9-16-8-10-17-13-20(25-2)21(26-3)14-18(17)12-16/h4-7,9,11-14H,8,10H2,1-3H3,(H,23,24). The Morgan fingerprint density at radius 3 is 2.54 bits per heavy atom. The molecular weight excluding hydrogens is 326 g/mol. The van der Waals surface area contributed by atoms with Crippen LogP contribution < -0.4 is 14.8 Å². The van der Waals surface area contributed by atoms with Gasteiger partial charge in [-0.2, -0.15) is 0 Å². The van der Waals surface area contributed by atoms with Crippen LogP contribution in [0.25, 0.3) is 6.08 Å². The van der Waals surface area contributed by atoms with Gasteiger partial charge in [-0.15, -0.1) is 0 Å². The fraction of sp³-hybridized carbons (Fsp3) is 0.227. The Balaban J connectivity index is 1.75. The number of carbonyl (C=O) groups is 1. The number of benzene rings is 2. The molecule has 4 nitrogen and oxygen atoms in total. The molecule has 0 fully saturated rings. The van der Waals surface area contributed by atoms with Gasteiger partial charge in [0.2, 0.25) is 5.91 Å². The van der Waals surface area contributed by atoms with E-state index in [9.17, 15) is 4.79 Å². The van der Waals surface area contributed by atoms with Gasteiger partial charge >= 0.3 is 0 Å². The average Bonchev–Trinajstić information content (AvgIpc) is 2.66. The van der Waals surface area contributed by atoms with Crippen LogP contribution in [0.3, 0.4) is 0 Å². The smallest absolute Gasteiger partial charge is 0.248 e. The predicted molar refractivity (Wildman–Crippen MR) is 105 cm³/mol. The summed E-state index contributed by atoms with van der Waals surface area (Å²) in [6.07, 6.45) is 7.36. The summed E-state index contributed by atoms with van der Waals surface area (Å²) in [5, 5.41) is 2.91. The molecule has 134 valence electrons. The molecule has 3 rings (SSSR count). The van der Waals surface area contributed by atoms with Gasteiger partial charge in [-0.25, -0.2) is 0 Å². The Morgan fingerprint density at radius 1 is 1.08 bits per heavy atom. The number of hydrogen-bond donors (Lipinski definition) is 1. The Hall–Kier alpha value is -3.01. The minimum Gasteiger partial charge on any atom is -0.493 e. The molecule has 0 saturated heterocycles. The van der Waals surface area contributed by atoms with Crippen molar-refractivity contribution in [1.82, 2.24) is 0 Å². The van der Waals surface area contributed by atoms with Gasteiger partial charge in [0.15, 0.2) is 11.5 Å². The number of anilines is 1. The highest BCUT2D eigenvalue weighted by atomic mass is 16.5. The van der Waals surface area contributed by atoms with Crippen LogP contribution in [0.15, 0.2) is 54.1 Å². The molecule has 0 aromatic heterocycles. The third-order valence-electron chi connectivity index (χ3n) is 4.52. The van der Waals surface area contributed by atoms with Crippen molar-refractivity contribution in [2.24, 2.45) is 0 Å². The monoisotopic (exact) mass is 349 g/mol. The van der Waals surface area contributed by atoms with E-state index in [0.717, 1.165) is 41.0 Å². The van der Waals surface area contributed by atoms with Crippen molar-refractivity contribution < 1.29 is 14.3 Å². The van der Waals surface area contributed by atoms with Crippen LogP contribution in [-0.2, 0) is 11.2 Å². The first-order chi connectivity index (χ1) is 12.6. The van der Waals surface area contributed by atoms with E-state index in [1.807, 2.05) is 49.4 Å². The van der Waals surface area contributed by atoms with Crippen LogP contribution in [0.2, 0.25) is 0 Å². The third kappa shape index (κ3) is 3.97. The lowest BCUT2D eigenvalue weighted by Crippen LogP contribution is -2.09. The molecule has 1 amide bonds. The maximum absolute atomic E-state index is 12.2. The number of ether oxygens (including phenoxy) is 2. The molecule has 0 spiro atoms. The van der Waals surface area contributed by atoms with E-state index < -0.39 is 0 Å². The number of fused-ring (bicyclic) bond motifs is 1. The zero-order valence-corrected chi connectivity index (χ0v) is 15.3. The summed E-state index contributed by atoms with van der Waals surface area (Å²) >= 11 is 0. The molecule has 0 heterocycles. The highest BCUT2D eigenvalue weighted by molar-refractivity contribution is 6.00. The minimum absolute atomic E-state index is 0.127. The number of hydrogen-bond acceptors (Lipinski definition) is 3. The van der Waals surface area contributed by atoms with Crippen molar-refractivity contribution in [3.8, 4) is 11.5 Å². The van der Waals surface area contributed by atoms with E-state index in [4.69, 9.17) is 9.47 Å². The molecule has 0 unspecified atom stereocenters. The fourth-order valence-electron chi connectivity index (χ4n) is 3.04. The Kier molecular flexibility index (Phi) is 5.42. The highest BCUT2D eigenvalue weighted by Crippen LogP contribution is 2.35. The van der Waals surface area contributed by atoms with Crippen LogP contribution in [0.5, 0.6) is 11.5 Å². The van der Waals surface area contributed by atoms with Gasteiger partial charge in [0, 0.05) is 11.8 Å². The number of carbonyl (C=O) groups excluding carboxylic acids is 1. The molecule has 2 aromatic rings. The maximum Gasteiger partial charge on any atom is 0.248 e. The molecule has 1 aliphatic rings. The number of aryl methyl sites for hydroxylation is 2. The number of amides is 1.